The van der Waals surface area contributed by atoms with Crippen molar-refractivity contribution in [1.82, 2.24) is 0 Å². The summed E-state index contributed by atoms with van der Waals surface area (Å²) in [5.74, 6) is 1.26. The van der Waals surface area contributed by atoms with E-state index in [4.69, 9.17) is 16.3 Å². The molecule has 0 bridgehead atoms. The van der Waals surface area contributed by atoms with Crippen molar-refractivity contribution in [2.45, 2.75) is 45.6 Å². The zero-order valence-corrected chi connectivity index (χ0v) is 14.8. The van der Waals surface area contributed by atoms with E-state index in [2.05, 4.69) is 11.4 Å². The van der Waals surface area contributed by atoms with Gasteiger partial charge in [0, 0.05) is 17.7 Å². The number of aryl methyl sites for hydroxylation is 1. The number of benzene rings is 2. The smallest absolute Gasteiger partial charge is 0.224 e. The molecule has 0 aromatic heterocycles. The minimum Gasteiger partial charge on any atom is -0.487 e. The van der Waals surface area contributed by atoms with E-state index in [1.54, 1.807) is 0 Å². The lowest BCUT2D eigenvalue weighted by Crippen LogP contribution is -2.13. The van der Waals surface area contributed by atoms with E-state index in [0.717, 1.165) is 16.8 Å². The van der Waals surface area contributed by atoms with Crippen LogP contribution in [0.2, 0.25) is 5.02 Å². The summed E-state index contributed by atoms with van der Waals surface area (Å²) in [4.78, 5) is 11.8. The van der Waals surface area contributed by atoms with Gasteiger partial charge in [-0.05, 0) is 55.0 Å². The van der Waals surface area contributed by atoms with Crippen molar-refractivity contribution < 1.29 is 9.53 Å². The van der Waals surface area contributed by atoms with E-state index < -0.39 is 0 Å². The highest BCUT2D eigenvalue weighted by molar-refractivity contribution is 6.32. The Labute approximate surface area is 148 Å². The molecule has 0 unspecified atom stereocenters. The molecule has 2 aromatic rings. The third-order valence-electron chi connectivity index (χ3n) is 4.28. The molecule has 1 aliphatic carbocycles. The van der Waals surface area contributed by atoms with E-state index in [-0.39, 0.29) is 5.91 Å². The molecule has 0 radical (unpaired) electrons. The molecule has 1 fully saturated rings. The number of hydrogen-bond acceptors (Lipinski definition) is 2. The topological polar surface area (TPSA) is 38.3 Å². The van der Waals surface area contributed by atoms with Gasteiger partial charge in [-0.2, -0.15) is 0 Å². The highest BCUT2D eigenvalue weighted by Gasteiger charge is 2.27. The predicted molar refractivity (Wildman–Crippen MR) is 97.9 cm³/mol. The molecule has 0 heterocycles. The Bertz CT molecular complexity index is 753. The van der Waals surface area contributed by atoms with E-state index >= 15 is 0 Å². The largest absolute Gasteiger partial charge is 0.487 e. The number of ether oxygens (including phenoxy) is 1. The summed E-state index contributed by atoms with van der Waals surface area (Å²) in [7, 11) is 0. The van der Waals surface area contributed by atoms with Gasteiger partial charge in [0.25, 0.3) is 0 Å². The SMILES string of the molecule is CCC(=O)Nc1cccc(C2CC2)c1COc1ccc(C)cc1Cl. The number of hydrogen-bond donors (Lipinski definition) is 1. The molecular formula is C20H22ClNO2. The monoisotopic (exact) mass is 343 g/mol. The lowest BCUT2D eigenvalue weighted by atomic mass is 10.0. The molecule has 0 saturated heterocycles. The number of nitrogens with one attached hydrogen (secondary N) is 1. The van der Waals surface area contributed by atoms with Crippen LogP contribution in [0.4, 0.5) is 5.69 Å². The maximum Gasteiger partial charge on any atom is 0.224 e. The zero-order valence-electron chi connectivity index (χ0n) is 14.1. The molecule has 0 spiro atoms. The maximum absolute atomic E-state index is 11.8. The number of rotatable bonds is 6. The molecular weight excluding hydrogens is 322 g/mol. The molecule has 1 amide bonds. The Morgan fingerprint density at radius 1 is 1.29 bits per heavy atom. The maximum atomic E-state index is 11.8. The number of carbonyl (C=O) groups is 1. The molecule has 24 heavy (non-hydrogen) atoms. The number of anilines is 1. The van der Waals surface area contributed by atoms with Gasteiger partial charge in [-0.1, -0.05) is 36.7 Å². The van der Waals surface area contributed by atoms with Crippen molar-refractivity contribution in [2.75, 3.05) is 5.32 Å². The molecule has 1 N–H and O–H groups in total. The third kappa shape index (κ3) is 3.90. The van der Waals surface area contributed by atoms with Crippen LogP contribution in [-0.4, -0.2) is 5.91 Å². The molecule has 2 aromatic carbocycles. The van der Waals surface area contributed by atoms with Gasteiger partial charge in [-0.3, -0.25) is 4.79 Å². The average molecular weight is 344 g/mol. The minimum atomic E-state index is 0.0116. The lowest BCUT2D eigenvalue weighted by molar-refractivity contribution is -0.115. The summed E-state index contributed by atoms with van der Waals surface area (Å²) in [5, 5.41) is 3.60. The highest BCUT2D eigenvalue weighted by atomic mass is 35.5. The molecule has 1 aliphatic rings. The van der Waals surface area contributed by atoms with Crippen molar-refractivity contribution >= 4 is 23.2 Å². The first-order valence-electron chi connectivity index (χ1n) is 8.39. The second-order valence-corrected chi connectivity index (χ2v) is 6.68. The highest BCUT2D eigenvalue weighted by Crippen LogP contribution is 2.43. The molecule has 1 saturated carbocycles. The van der Waals surface area contributed by atoms with Crippen LogP contribution in [0, 0.1) is 6.92 Å². The van der Waals surface area contributed by atoms with E-state index in [0.29, 0.717) is 29.7 Å². The van der Waals surface area contributed by atoms with Gasteiger partial charge in [0.15, 0.2) is 0 Å². The Morgan fingerprint density at radius 3 is 2.75 bits per heavy atom. The summed E-state index contributed by atoms with van der Waals surface area (Å²) in [6.07, 6.45) is 2.85. The van der Waals surface area contributed by atoms with E-state index in [9.17, 15) is 4.79 Å². The van der Waals surface area contributed by atoms with Crippen LogP contribution >= 0.6 is 11.6 Å². The Balaban J connectivity index is 1.85. The van der Waals surface area contributed by atoms with Gasteiger partial charge in [0.2, 0.25) is 5.91 Å². The van der Waals surface area contributed by atoms with E-state index in [1.807, 2.05) is 44.2 Å². The summed E-state index contributed by atoms with van der Waals surface area (Å²) in [6, 6.07) is 11.8. The second kappa shape index (κ2) is 7.27. The van der Waals surface area contributed by atoms with Crippen LogP contribution < -0.4 is 10.1 Å². The average Bonchev–Trinajstić information content (AvgIpc) is 3.39. The van der Waals surface area contributed by atoms with Gasteiger partial charge >= 0.3 is 0 Å². The van der Waals surface area contributed by atoms with Crippen LogP contribution in [-0.2, 0) is 11.4 Å². The molecule has 0 atom stereocenters. The van der Waals surface area contributed by atoms with Crippen molar-refractivity contribution in [3.63, 3.8) is 0 Å². The summed E-state index contributed by atoms with van der Waals surface area (Å²) in [6.45, 7) is 4.24. The van der Waals surface area contributed by atoms with Crippen LogP contribution in [0.25, 0.3) is 0 Å². The summed E-state index contributed by atoms with van der Waals surface area (Å²) in [5.41, 5.74) is 4.27. The molecule has 3 nitrogen and oxygen atoms in total. The first-order chi connectivity index (χ1) is 11.6. The fourth-order valence-electron chi connectivity index (χ4n) is 2.77. The molecule has 0 aliphatic heterocycles. The summed E-state index contributed by atoms with van der Waals surface area (Å²) >= 11 is 6.26. The quantitative estimate of drug-likeness (QED) is 0.757. The standard InChI is InChI=1S/C20H22ClNO2/c1-3-20(23)22-18-6-4-5-15(14-8-9-14)16(18)12-24-19-10-7-13(2)11-17(19)21/h4-7,10-11,14H,3,8-9,12H2,1-2H3,(H,22,23). The first-order valence-corrected chi connectivity index (χ1v) is 8.77. The van der Waals surface area contributed by atoms with Crippen LogP contribution in [0.1, 0.15) is 48.8 Å². The first kappa shape index (κ1) is 16.8. The summed E-state index contributed by atoms with van der Waals surface area (Å²) < 4.78 is 5.97. The van der Waals surface area contributed by atoms with Gasteiger partial charge in [-0.15, -0.1) is 0 Å². The fraction of sp³-hybridized carbons (Fsp3) is 0.350. The second-order valence-electron chi connectivity index (χ2n) is 6.27. The van der Waals surface area contributed by atoms with Gasteiger partial charge in [-0.25, -0.2) is 0 Å². The van der Waals surface area contributed by atoms with Gasteiger partial charge in [0.1, 0.15) is 12.4 Å². The van der Waals surface area contributed by atoms with Crippen molar-refractivity contribution in [2.24, 2.45) is 0 Å². The Kier molecular flexibility index (Phi) is 5.10. The zero-order chi connectivity index (χ0) is 17.1. The number of halogens is 1. The van der Waals surface area contributed by atoms with E-state index in [1.165, 1.54) is 18.4 Å². The fourth-order valence-corrected chi connectivity index (χ4v) is 3.06. The van der Waals surface area contributed by atoms with Crippen molar-refractivity contribution in [1.29, 1.82) is 0 Å². The third-order valence-corrected chi connectivity index (χ3v) is 4.58. The van der Waals surface area contributed by atoms with Gasteiger partial charge < -0.3 is 10.1 Å². The predicted octanol–water partition coefficient (Wildman–Crippen LogP) is 5.45. The lowest BCUT2D eigenvalue weighted by Gasteiger charge is -2.17. The van der Waals surface area contributed by atoms with Crippen LogP contribution in [0.5, 0.6) is 5.75 Å². The van der Waals surface area contributed by atoms with Crippen molar-refractivity contribution in [3.8, 4) is 5.75 Å². The Morgan fingerprint density at radius 2 is 2.08 bits per heavy atom. The number of amides is 1. The molecule has 4 heteroatoms. The molecule has 126 valence electrons. The number of carbonyl (C=O) groups excluding carboxylic acids is 1. The Hall–Kier alpha value is -2.00. The normalized spacial score (nSPS) is 13.6. The van der Waals surface area contributed by atoms with Crippen LogP contribution in [0.3, 0.4) is 0 Å². The van der Waals surface area contributed by atoms with Gasteiger partial charge in [0.05, 0.1) is 5.02 Å². The van der Waals surface area contributed by atoms with Crippen LogP contribution in [0.15, 0.2) is 36.4 Å². The minimum absolute atomic E-state index is 0.0116. The van der Waals surface area contributed by atoms with Crippen molar-refractivity contribution in [3.05, 3.63) is 58.1 Å². The molecule has 3 rings (SSSR count).